The van der Waals surface area contributed by atoms with Gasteiger partial charge in [-0.1, -0.05) is 6.92 Å². The molecule has 0 aromatic heterocycles. The summed E-state index contributed by atoms with van der Waals surface area (Å²) in [7, 11) is 0. The molecule has 0 aliphatic heterocycles. The number of rotatable bonds is 3. The van der Waals surface area contributed by atoms with Crippen molar-refractivity contribution in [1.82, 2.24) is 5.43 Å². The van der Waals surface area contributed by atoms with Gasteiger partial charge in [0.05, 0.1) is 0 Å². The van der Waals surface area contributed by atoms with Crippen LogP contribution in [0.1, 0.15) is 45.4 Å². The Morgan fingerprint density at radius 2 is 1.92 bits per heavy atom. The van der Waals surface area contributed by atoms with E-state index in [1.807, 2.05) is 0 Å². The molecule has 2 fully saturated rings. The van der Waals surface area contributed by atoms with Crippen LogP contribution in [0.25, 0.3) is 0 Å². The zero-order valence-corrected chi connectivity index (χ0v) is 8.55. The molecule has 2 nitrogen and oxygen atoms in total. The lowest BCUT2D eigenvalue weighted by atomic mass is 9.90. The van der Waals surface area contributed by atoms with E-state index in [0.29, 0.717) is 0 Å². The van der Waals surface area contributed by atoms with Crippen LogP contribution in [-0.4, -0.2) is 12.3 Å². The third kappa shape index (κ3) is 3.02. The van der Waals surface area contributed by atoms with Gasteiger partial charge in [0.15, 0.2) is 0 Å². The second-order valence-corrected chi connectivity index (χ2v) is 4.67. The lowest BCUT2D eigenvalue weighted by molar-refractivity contribution is 0.480. The molecule has 74 valence electrons. The van der Waals surface area contributed by atoms with E-state index in [0.717, 1.165) is 18.4 Å². The molecule has 2 saturated carbocycles. The van der Waals surface area contributed by atoms with E-state index >= 15 is 0 Å². The Hall–Kier alpha value is -0.530. The molecule has 0 spiro atoms. The minimum absolute atomic E-state index is 0.919. The fourth-order valence-electron chi connectivity index (χ4n) is 1.82. The largest absolute Gasteiger partial charge is 0.310 e. The van der Waals surface area contributed by atoms with Gasteiger partial charge in [0.1, 0.15) is 0 Å². The van der Waals surface area contributed by atoms with Crippen LogP contribution in [0.15, 0.2) is 5.10 Å². The first-order valence-electron chi connectivity index (χ1n) is 5.63. The van der Waals surface area contributed by atoms with Crippen molar-refractivity contribution in [2.45, 2.75) is 45.4 Å². The lowest BCUT2D eigenvalue weighted by Gasteiger charge is -2.18. The van der Waals surface area contributed by atoms with E-state index in [1.54, 1.807) is 0 Å². The highest BCUT2D eigenvalue weighted by Crippen LogP contribution is 2.27. The van der Waals surface area contributed by atoms with E-state index in [-0.39, 0.29) is 0 Å². The highest BCUT2D eigenvalue weighted by Gasteiger charge is 2.20. The number of hydrogen-bond acceptors (Lipinski definition) is 2. The van der Waals surface area contributed by atoms with Gasteiger partial charge >= 0.3 is 0 Å². The van der Waals surface area contributed by atoms with Crippen molar-refractivity contribution in [3.63, 3.8) is 0 Å². The molecule has 0 heterocycles. The number of nitrogens with zero attached hydrogens (tertiary/aromatic N) is 1. The van der Waals surface area contributed by atoms with Gasteiger partial charge in [0.2, 0.25) is 0 Å². The van der Waals surface area contributed by atoms with E-state index < -0.39 is 0 Å². The van der Waals surface area contributed by atoms with E-state index in [4.69, 9.17) is 0 Å². The van der Waals surface area contributed by atoms with Crippen molar-refractivity contribution in [2.75, 3.05) is 6.54 Å². The summed E-state index contributed by atoms with van der Waals surface area (Å²) in [6, 6.07) is 0. The van der Waals surface area contributed by atoms with E-state index in [9.17, 15) is 0 Å². The summed E-state index contributed by atoms with van der Waals surface area (Å²) in [5.41, 5.74) is 4.62. The van der Waals surface area contributed by atoms with Gasteiger partial charge < -0.3 is 5.43 Å². The minimum atomic E-state index is 0.919. The third-order valence-corrected chi connectivity index (χ3v) is 3.17. The first-order valence-corrected chi connectivity index (χ1v) is 5.63. The van der Waals surface area contributed by atoms with Crippen LogP contribution >= 0.6 is 0 Å². The molecule has 0 aromatic rings. The van der Waals surface area contributed by atoms with Crippen molar-refractivity contribution in [2.24, 2.45) is 16.9 Å². The molecule has 2 aliphatic rings. The Kier molecular flexibility index (Phi) is 2.87. The van der Waals surface area contributed by atoms with Crippen LogP contribution in [0.4, 0.5) is 0 Å². The van der Waals surface area contributed by atoms with Gasteiger partial charge in [-0.2, -0.15) is 5.10 Å². The van der Waals surface area contributed by atoms with Crippen molar-refractivity contribution in [1.29, 1.82) is 0 Å². The smallest absolute Gasteiger partial charge is 0.0378 e. The molecule has 2 aliphatic carbocycles. The zero-order valence-electron chi connectivity index (χ0n) is 8.55. The monoisotopic (exact) mass is 180 g/mol. The molecular weight excluding hydrogens is 160 g/mol. The highest BCUT2D eigenvalue weighted by molar-refractivity contribution is 5.84. The first-order chi connectivity index (χ1) is 6.34. The molecule has 0 bridgehead atoms. The van der Waals surface area contributed by atoms with Crippen LogP contribution in [0.3, 0.4) is 0 Å². The maximum absolute atomic E-state index is 4.46. The molecule has 0 saturated heterocycles. The average molecular weight is 180 g/mol. The predicted octanol–water partition coefficient (Wildman–Crippen LogP) is 2.55. The molecule has 2 heteroatoms. The topological polar surface area (TPSA) is 24.4 Å². The summed E-state index contributed by atoms with van der Waals surface area (Å²) < 4.78 is 0. The van der Waals surface area contributed by atoms with Crippen LogP contribution in [0, 0.1) is 11.8 Å². The highest BCUT2D eigenvalue weighted by atomic mass is 15.3. The van der Waals surface area contributed by atoms with E-state index in [2.05, 4.69) is 17.5 Å². The molecule has 0 amide bonds. The van der Waals surface area contributed by atoms with Crippen molar-refractivity contribution < 1.29 is 0 Å². The zero-order chi connectivity index (χ0) is 9.10. The Balaban J connectivity index is 1.66. The SMILES string of the molecule is CC1CCC(=NNCC2CC2)CC1. The van der Waals surface area contributed by atoms with Gasteiger partial charge in [-0.25, -0.2) is 0 Å². The summed E-state index contributed by atoms with van der Waals surface area (Å²) >= 11 is 0. The van der Waals surface area contributed by atoms with E-state index in [1.165, 1.54) is 44.2 Å². The van der Waals surface area contributed by atoms with Gasteiger partial charge in [-0.05, 0) is 50.4 Å². The second kappa shape index (κ2) is 4.12. The third-order valence-electron chi connectivity index (χ3n) is 3.17. The first kappa shape index (κ1) is 9.04. The Morgan fingerprint density at radius 3 is 2.54 bits per heavy atom. The molecule has 0 radical (unpaired) electrons. The second-order valence-electron chi connectivity index (χ2n) is 4.67. The van der Waals surface area contributed by atoms with Crippen LogP contribution in [0.5, 0.6) is 0 Å². The summed E-state index contributed by atoms with van der Waals surface area (Å²) in [6.45, 7) is 3.45. The molecule has 0 aromatic carbocycles. The van der Waals surface area contributed by atoms with Gasteiger partial charge in [-0.15, -0.1) is 0 Å². The van der Waals surface area contributed by atoms with Crippen LogP contribution in [-0.2, 0) is 0 Å². The molecule has 2 rings (SSSR count). The summed E-state index contributed by atoms with van der Waals surface area (Å²) in [6.07, 6.45) is 7.94. The normalized spacial score (nSPS) is 28.7. The number of nitrogens with one attached hydrogen (secondary N) is 1. The Bertz CT molecular complexity index is 184. The maximum atomic E-state index is 4.46. The van der Waals surface area contributed by atoms with Crippen LogP contribution in [0.2, 0.25) is 0 Å². The minimum Gasteiger partial charge on any atom is -0.310 e. The number of hydrazone groups is 1. The van der Waals surface area contributed by atoms with Crippen LogP contribution < -0.4 is 5.43 Å². The van der Waals surface area contributed by atoms with Gasteiger partial charge in [0.25, 0.3) is 0 Å². The lowest BCUT2D eigenvalue weighted by Crippen LogP contribution is -2.17. The van der Waals surface area contributed by atoms with Crippen molar-refractivity contribution >= 4 is 5.71 Å². The van der Waals surface area contributed by atoms with Crippen molar-refractivity contribution in [3.8, 4) is 0 Å². The maximum Gasteiger partial charge on any atom is 0.0378 e. The van der Waals surface area contributed by atoms with Crippen molar-refractivity contribution in [3.05, 3.63) is 0 Å². The van der Waals surface area contributed by atoms with Gasteiger partial charge in [-0.3, -0.25) is 0 Å². The summed E-state index contributed by atoms with van der Waals surface area (Å²) in [5.74, 6) is 1.86. The predicted molar refractivity (Wildman–Crippen MR) is 55.8 cm³/mol. The molecule has 13 heavy (non-hydrogen) atoms. The fraction of sp³-hybridized carbons (Fsp3) is 0.909. The molecule has 1 N–H and O–H groups in total. The molecular formula is C11H20N2. The van der Waals surface area contributed by atoms with Gasteiger partial charge in [0, 0.05) is 12.3 Å². The fourth-order valence-corrected chi connectivity index (χ4v) is 1.82. The Morgan fingerprint density at radius 1 is 1.23 bits per heavy atom. The average Bonchev–Trinajstić information content (AvgIpc) is 2.92. The molecule has 0 unspecified atom stereocenters. The standard InChI is InChI=1S/C11H20N2/c1-9-2-6-11(7-3-9)13-12-8-10-4-5-10/h9-10,12H,2-8H2,1H3. The molecule has 0 atom stereocenters. The summed E-state index contributed by atoms with van der Waals surface area (Å²) in [4.78, 5) is 0. The Labute approximate surface area is 80.8 Å². The quantitative estimate of drug-likeness (QED) is 0.663. The number of hydrogen-bond donors (Lipinski definition) is 1. The summed E-state index contributed by atoms with van der Waals surface area (Å²) in [5, 5.41) is 4.46.